The summed E-state index contributed by atoms with van der Waals surface area (Å²) in [7, 11) is 0. The van der Waals surface area contributed by atoms with Crippen molar-refractivity contribution in [1.29, 1.82) is 0 Å². The van der Waals surface area contributed by atoms with Gasteiger partial charge in [-0.1, -0.05) is 19.1 Å². The van der Waals surface area contributed by atoms with Crippen LogP contribution in [0.1, 0.15) is 31.7 Å². The summed E-state index contributed by atoms with van der Waals surface area (Å²) in [6.45, 7) is 5.23. The van der Waals surface area contributed by atoms with Crippen LogP contribution in [0.3, 0.4) is 0 Å². The van der Waals surface area contributed by atoms with Crippen LogP contribution in [0.15, 0.2) is 42.6 Å². The fraction of sp³-hybridized carbons (Fsp3) is 0.429. The first-order valence-corrected chi connectivity index (χ1v) is 10.0. The zero-order valence-corrected chi connectivity index (χ0v) is 16.6. The Morgan fingerprint density at radius 1 is 1.19 bits per heavy atom. The summed E-state index contributed by atoms with van der Waals surface area (Å²) in [6.07, 6.45) is 6.11. The van der Waals surface area contributed by atoms with Gasteiger partial charge in [0.05, 0.1) is 11.9 Å². The van der Waals surface area contributed by atoms with Crippen molar-refractivity contribution in [1.82, 2.24) is 10.3 Å². The third kappa shape index (κ3) is 6.17. The van der Waals surface area contributed by atoms with E-state index in [0.717, 1.165) is 55.5 Å². The van der Waals surface area contributed by atoms with Gasteiger partial charge in [-0.05, 0) is 73.6 Å². The molecule has 1 fully saturated rings. The van der Waals surface area contributed by atoms with Crippen LogP contribution < -0.4 is 15.5 Å². The van der Waals surface area contributed by atoms with Gasteiger partial charge in [-0.15, -0.1) is 0 Å². The number of aryl methyl sites for hydroxylation is 1. The molecule has 0 atom stereocenters. The zero-order chi connectivity index (χ0) is 19.1. The van der Waals surface area contributed by atoms with Crippen LogP contribution in [0.25, 0.3) is 0 Å². The first-order valence-electron chi connectivity index (χ1n) is 9.60. The largest absolute Gasteiger partial charge is 0.362 e. The Labute approximate surface area is 166 Å². The molecule has 1 aliphatic heterocycles. The van der Waals surface area contributed by atoms with E-state index in [9.17, 15) is 4.39 Å². The van der Waals surface area contributed by atoms with E-state index in [4.69, 9.17) is 12.2 Å². The molecule has 1 aromatic carbocycles. The molecule has 0 bridgehead atoms. The normalized spacial score (nSPS) is 14.8. The summed E-state index contributed by atoms with van der Waals surface area (Å²) in [4.78, 5) is 6.91. The van der Waals surface area contributed by atoms with E-state index < -0.39 is 0 Å². The molecular weight excluding hydrogens is 359 g/mol. The molecule has 144 valence electrons. The van der Waals surface area contributed by atoms with E-state index in [0.29, 0.717) is 5.11 Å². The highest BCUT2D eigenvalue weighted by molar-refractivity contribution is 7.80. The third-order valence-electron chi connectivity index (χ3n) is 4.95. The van der Waals surface area contributed by atoms with Crippen molar-refractivity contribution < 1.29 is 4.39 Å². The summed E-state index contributed by atoms with van der Waals surface area (Å²) < 4.78 is 12.9. The number of hydrogen-bond donors (Lipinski definition) is 2. The van der Waals surface area contributed by atoms with Gasteiger partial charge in [-0.3, -0.25) is 0 Å². The molecule has 0 radical (unpaired) electrons. The first kappa shape index (κ1) is 19.5. The Hall–Kier alpha value is -2.21. The minimum absolute atomic E-state index is 0.197. The smallest absolute Gasteiger partial charge is 0.170 e. The number of benzene rings is 1. The van der Waals surface area contributed by atoms with E-state index in [2.05, 4.69) is 33.5 Å². The predicted molar refractivity (Wildman–Crippen MR) is 114 cm³/mol. The van der Waals surface area contributed by atoms with Crippen LogP contribution in [-0.4, -0.2) is 29.7 Å². The number of rotatable bonds is 6. The number of piperidine rings is 1. The molecule has 0 unspecified atom stereocenters. The molecular formula is C21H27FN4S. The zero-order valence-electron chi connectivity index (χ0n) is 15.7. The van der Waals surface area contributed by atoms with Gasteiger partial charge in [-0.25, -0.2) is 9.37 Å². The average Bonchev–Trinajstić information content (AvgIpc) is 2.68. The van der Waals surface area contributed by atoms with Crippen molar-refractivity contribution >= 4 is 28.8 Å². The van der Waals surface area contributed by atoms with Gasteiger partial charge < -0.3 is 15.5 Å². The van der Waals surface area contributed by atoms with Crippen molar-refractivity contribution in [2.24, 2.45) is 5.92 Å². The summed E-state index contributed by atoms with van der Waals surface area (Å²) in [6, 6.07) is 10.7. The van der Waals surface area contributed by atoms with E-state index in [1.165, 1.54) is 25.0 Å². The van der Waals surface area contributed by atoms with Gasteiger partial charge in [0.2, 0.25) is 0 Å². The number of nitrogens with zero attached hydrogens (tertiary/aromatic N) is 2. The van der Waals surface area contributed by atoms with Crippen LogP contribution in [0.4, 0.5) is 15.9 Å². The summed E-state index contributed by atoms with van der Waals surface area (Å²) >= 11 is 5.34. The number of halogens is 1. The second-order valence-corrected chi connectivity index (χ2v) is 7.59. The fourth-order valence-electron chi connectivity index (χ4n) is 3.21. The molecule has 3 rings (SSSR count). The lowest BCUT2D eigenvalue weighted by molar-refractivity contribution is 0.436. The van der Waals surface area contributed by atoms with Gasteiger partial charge in [0.25, 0.3) is 0 Å². The highest BCUT2D eigenvalue weighted by atomic mass is 32.1. The molecule has 6 heteroatoms. The molecule has 0 amide bonds. The number of hydrogen-bond acceptors (Lipinski definition) is 3. The molecule has 0 spiro atoms. The van der Waals surface area contributed by atoms with E-state index in [1.807, 2.05) is 24.4 Å². The molecule has 2 heterocycles. The maximum absolute atomic E-state index is 12.9. The lowest BCUT2D eigenvalue weighted by Crippen LogP contribution is -2.33. The van der Waals surface area contributed by atoms with Crippen LogP contribution in [-0.2, 0) is 6.42 Å². The minimum Gasteiger partial charge on any atom is -0.362 e. The lowest BCUT2D eigenvalue weighted by Gasteiger charge is -2.31. The van der Waals surface area contributed by atoms with Gasteiger partial charge in [0.15, 0.2) is 5.11 Å². The van der Waals surface area contributed by atoms with Crippen molar-refractivity contribution in [2.75, 3.05) is 29.9 Å². The lowest BCUT2D eigenvalue weighted by atomic mass is 9.99. The number of pyridine rings is 1. The fourth-order valence-corrected chi connectivity index (χ4v) is 3.43. The Bertz CT molecular complexity index is 725. The summed E-state index contributed by atoms with van der Waals surface area (Å²) in [5, 5.41) is 6.97. The summed E-state index contributed by atoms with van der Waals surface area (Å²) in [5.74, 6) is 1.65. The Morgan fingerprint density at radius 3 is 2.59 bits per heavy atom. The molecule has 1 aliphatic rings. The molecule has 4 nitrogen and oxygen atoms in total. The number of thiocarbonyl (C=S) groups is 1. The molecule has 0 saturated carbocycles. The SMILES string of the molecule is CC1CCN(c2ccc(NC(=S)NCCCc3ccc(F)cc3)cn2)CC1. The molecule has 0 aliphatic carbocycles. The summed E-state index contributed by atoms with van der Waals surface area (Å²) in [5.41, 5.74) is 2.02. The van der Waals surface area contributed by atoms with Gasteiger partial charge in [-0.2, -0.15) is 0 Å². The Balaban J connectivity index is 1.38. The predicted octanol–water partition coefficient (Wildman–Crippen LogP) is 4.38. The van der Waals surface area contributed by atoms with Crippen molar-refractivity contribution in [3.8, 4) is 0 Å². The van der Waals surface area contributed by atoms with E-state index >= 15 is 0 Å². The second kappa shape index (κ2) is 9.65. The number of nitrogens with one attached hydrogen (secondary N) is 2. The molecule has 2 aromatic rings. The third-order valence-corrected chi connectivity index (χ3v) is 5.20. The van der Waals surface area contributed by atoms with Crippen LogP contribution in [0.2, 0.25) is 0 Å². The average molecular weight is 387 g/mol. The second-order valence-electron chi connectivity index (χ2n) is 7.19. The Morgan fingerprint density at radius 2 is 1.93 bits per heavy atom. The van der Waals surface area contributed by atoms with Gasteiger partial charge in [0, 0.05) is 19.6 Å². The highest BCUT2D eigenvalue weighted by Gasteiger charge is 2.16. The van der Waals surface area contributed by atoms with Crippen molar-refractivity contribution in [3.05, 3.63) is 54.0 Å². The first-order chi connectivity index (χ1) is 13.1. The van der Waals surface area contributed by atoms with Gasteiger partial charge >= 0.3 is 0 Å². The molecule has 1 saturated heterocycles. The van der Waals surface area contributed by atoms with E-state index in [1.54, 1.807) is 0 Å². The van der Waals surface area contributed by atoms with Crippen molar-refractivity contribution in [2.45, 2.75) is 32.6 Å². The maximum Gasteiger partial charge on any atom is 0.170 e. The van der Waals surface area contributed by atoms with Crippen LogP contribution >= 0.6 is 12.2 Å². The highest BCUT2D eigenvalue weighted by Crippen LogP contribution is 2.22. The van der Waals surface area contributed by atoms with Gasteiger partial charge in [0.1, 0.15) is 11.6 Å². The molecule has 27 heavy (non-hydrogen) atoms. The molecule has 2 N–H and O–H groups in total. The topological polar surface area (TPSA) is 40.2 Å². The van der Waals surface area contributed by atoms with Crippen molar-refractivity contribution in [3.63, 3.8) is 0 Å². The van der Waals surface area contributed by atoms with Crippen LogP contribution in [0.5, 0.6) is 0 Å². The van der Waals surface area contributed by atoms with E-state index in [-0.39, 0.29) is 5.82 Å². The quantitative estimate of drug-likeness (QED) is 0.570. The maximum atomic E-state index is 12.9. The standard InChI is InChI=1S/C21H27FN4S/c1-16-10-13-26(14-11-16)20-9-8-19(15-24-20)25-21(27)23-12-2-3-17-4-6-18(22)7-5-17/h4-9,15-16H,2-3,10-14H2,1H3,(H2,23,25,27). The number of aromatic nitrogens is 1. The monoisotopic (exact) mass is 386 g/mol. The number of anilines is 2. The van der Waals surface area contributed by atoms with Crippen LogP contribution in [0, 0.1) is 11.7 Å². The minimum atomic E-state index is -0.197. The Kier molecular flexibility index (Phi) is 6.98. The molecule has 1 aromatic heterocycles.